The number of anilines is 1. The number of amides is 1. The molecule has 0 heterocycles. The predicted octanol–water partition coefficient (Wildman–Crippen LogP) is 5.20. The molecule has 2 nitrogen and oxygen atoms in total. The molecule has 22 heavy (non-hydrogen) atoms. The summed E-state index contributed by atoms with van der Waals surface area (Å²) in [4.78, 5) is 13.5. The van der Waals surface area contributed by atoms with Gasteiger partial charge in [0.2, 0.25) is 0 Å². The van der Waals surface area contributed by atoms with E-state index in [0.29, 0.717) is 0 Å². The lowest BCUT2D eigenvalue weighted by Crippen LogP contribution is -2.12. The number of nitrogens with one attached hydrogen (secondary N) is 1. The summed E-state index contributed by atoms with van der Waals surface area (Å²) in [5.41, 5.74) is 1.54. The fraction of sp³-hybridized carbons (Fsp3) is 0.105. The molecule has 0 saturated carbocycles. The van der Waals surface area contributed by atoms with Crippen molar-refractivity contribution in [3.63, 3.8) is 0 Å². The van der Waals surface area contributed by atoms with E-state index < -0.39 is 0 Å². The maximum Gasteiger partial charge on any atom is 0.256 e. The molecule has 0 fully saturated rings. The minimum absolute atomic E-state index is 0.0631. The molecule has 110 valence electrons. The Morgan fingerprint density at radius 1 is 0.955 bits per heavy atom. The van der Waals surface area contributed by atoms with Crippen molar-refractivity contribution in [2.45, 2.75) is 11.8 Å². The molecule has 0 spiro atoms. The lowest BCUT2D eigenvalue weighted by Gasteiger charge is -2.10. The average molecular weight is 307 g/mol. The molecule has 3 aromatic carbocycles. The molecule has 0 saturated heterocycles. The van der Waals surface area contributed by atoms with Crippen molar-refractivity contribution in [3.8, 4) is 0 Å². The number of rotatable bonds is 4. The fourth-order valence-electron chi connectivity index (χ4n) is 2.40. The van der Waals surface area contributed by atoms with E-state index >= 15 is 0 Å². The van der Waals surface area contributed by atoms with Crippen molar-refractivity contribution >= 4 is 34.1 Å². The first kappa shape index (κ1) is 14.7. The highest BCUT2D eigenvalue weighted by Crippen LogP contribution is 2.24. The first-order valence-corrected chi connectivity index (χ1v) is 8.28. The highest BCUT2D eigenvalue weighted by atomic mass is 32.2. The van der Waals surface area contributed by atoms with Gasteiger partial charge in [-0.15, -0.1) is 11.8 Å². The van der Waals surface area contributed by atoms with Crippen LogP contribution in [0.1, 0.15) is 17.3 Å². The van der Waals surface area contributed by atoms with Crippen molar-refractivity contribution in [2.75, 3.05) is 11.1 Å². The molecule has 0 atom stereocenters. The molecule has 3 heteroatoms. The van der Waals surface area contributed by atoms with Crippen LogP contribution < -0.4 is 5.32 Å². The lowest BCUT2D eigenvalue weighted by atomic mass is 10.1. The minimum atomic E-state index is -0.0631. The zero-order chi connectivity index (χ0) is 15.4. The summed E-state index contributed by atoms with van der Waals surface area (Å²) < 4.78 is 0. The van der Waals surface area contributed by atoms with E-state index in [9.17, 15) is 4.79 Å². The van der Waals surface area contributed by atoms with Crippen LogP contribution in [-0.2, 0) is 0 Å². The largest absolute Gasteiger partial charge is 0.322 e. The highest BCUT2D eigenvalue weighted by Gasteiger charge is 2.11. The highest BCUT2D eigenvalue weighted by molar-refractivity contribution is 7.99. The Hall–Kier alpha value is -2.26. The lowest BCUT2D eigenvalue weighted by molar-refractivity contribution is 0.102. The second-order valence-electron chi connectivity index (χ2n) is 4.95. The van der Waals surface area contributed by atoms with Gasteiger partial charge in [-0.25, -0.2) is 0 Å². The molecular formula is C19H17NOS. The van der Waals surface area contributed by atoms with Crippen LogP contribution in [0.25, 0.3) is 10.8 Å². The van der Waals surface area contributed by atoms with E-state index in [4.69, 9.17) is 0 Å². The van der Waals surface area contributed by atoms with Gasteiger partial charge < -0.3 is 5.32 Å². The summed E-state index contributed by atoms with van der Waals surface area (Å²) in [6.07, 6.45) is 0. The van der Waals surface area contributed by atoms with Crippen molar-refractivity contribution in [3.05, 3.63) is 72.3 Å². The van der Waals surface area contributed by atoms with Gasteiger partial charge >= 0.3 is 0 Å². The van der Waals surface area contributed by atoms with Gasteiger partial charge in [-0.2, -0.15) is 0 Å². The number of hydrogen-bond acceptors (Lipinski definition) is 2. The molecule has 0 radical (unpaired) electrons. The number of hydrogen-bond donors (Lipinski definition) is 1. The normalized spacial score (nSPS) is 10.6. The van der Waals surface area contributed by atoms with Gasteiger partial charge in [-0.1, -0.05) is 49.4 Å². The van der Waals surface area contributed by atoms with Gasteiger partial charge in [-0.05, 0) is 40.8 Å². The maximum atomic E-state index is 12.5. The fourth-order valence-corrected chi connectivity index (χ4v) is 3.20. The van der Waals surface area contributed by atoms with Gasteiger partial charge in [0, 0.05) is 10.6 Å². The summed E-state index contributed by atoms with van der Waals surface area (Å²) in [6.45, 7) is 2.09. The van der Waals surface area contributed by atoms with Crippen molar-refractivity contribution in [1.82, 2.24) is 0 Å². The number of carbonyl (C=O) groups is 1. The molecule has 0 unspecified atom stereocenters. The van der Waals surface area contributed by atoms with Crippen molar-refractivity contribution in [1.29, 1.82) is 0 Å². The Balaban J connectivity index is 1.86. The molecule has 0 aromatic heterocycles. The van der Waals surface area contributed by atoms with Crippen LogP contribution in [0.4, 0.5) is 5.69 Å². The van der Waals surface area contributed by atoms with Gasteiger partial charge in [0.15, 0.2) is 0 Å². The summed E-state index contributed by atoms with van der Waals surface area (Å²) in [6, 6.07) is 21.8. The molecule has 1 N–H and O–H groups in total. The minimum Gasteiger partial charge on any atom is -0.322 e. The molecule has 0 aliphatic rings. The zero-order valence-electron chi connectivity index (χ0n) is 12.4. The van der Waals surface area contributed by atoms with Gasteiger partial charge in [0.05, 0.1) is 5.56 Å². The molecular weight excluding hydrogens is 290 g/mol. The second-order valence-corrected chi connectivity index (χ2v) is 6.25. The average Bonchev–Trinajstić information content (AvgIpc) is 2.55. The van der Waals surface area contributed by atoms with Crippen LogP contribution >= 0.6 is 11.8 Å². The number of benzene rings is 3. The van der Waals surface area contributed by atoms with Crippen LogP contribution in [0.2, 0.25) is 0 Å². The summed E-state index contributed by atoms with van der Waals surface area (Å²) >= 11 is 1.68. The summed E-state index contributed by atoms with van der Waals surface area (Å²) in [5, 5.41) is 5.29. The molecule has 0 bridgehead atoms. The Morgan fingerprint density at radius 2 is 1.68 bits per heavy atom. The standard InChI is InChI=1S/C19H17NOS/c1-2-22-18-10-6-5-9-17(18)19(21)20-16-12-11-14-7-3-4-8-15(14)13-16/h3-13H,2H2,1H3,(H,20,21). The van der Waals surface area contributed by atoms with E-state index in [2.05, 4.69) is 18.3 Å². The van der Waals surface area contributed by atoms with E-state index in [1.54, 1.807) is 11.8 Å². The SMILES string of the molecule is CCSc1ccccc1C(=O)Nc1ccc2ccccc2c1. The smallest absolute Gasteiger partial charge is 0.256 e. The number of fused-ring (bicyclic) bond motifs is 1. The number of thioether (sulfide) groups is 1. The van der Waals surface area contributed by atoms with Gasteiger partial charge in [-0.3, -0.25) is 4.79 Å². The third-order valence-corrected chi connectivity index (χ3v) is 4.39. The number of carbonyl (C=O) groups excluding carboxylic acids is 1. The molecule has 1 amide bonds. The van der Waals surface area contributed by atoms with Crippen LogP contribution in [0.5, 0.6) is 0 Å². The monoisotopic (exact) mass is 307 g/mol. The Morgan fingerprint density at radius 3 is 2.50 bits per heavy atom. The second kappa shape index (κ2) is 6.67. The first-order chi connectivity index (χ1) is 10.8. The van der Waals surface area contributed by atoms with Crippen LogP contribution in [0, 0.1) is 0 Å². The zero-order valence-corrected chi connectivity index (χ0v) is 13.2. The Labute approximate surface area is 134 Å². The molecule has 3 rings (SSSR count). The maximum absolute atomic E-state index is 12.5. The van der Waals surface area contributed by atoms with Crippen LogP contribution in [0.3, 0.4) is 0 Å². The topological polar surface area (TPSA) is 29.1 Å². The Kier molecular flexibility index (Phi) is 4.45. The predicted molar refractivity (Wildman–Crippen MR) is 94.7 cm³/mol. The van der Waals surface area contributed by atoms with Gasteiger partial charge in [0.1, 0.15) is 0 Å². The van der Waals surface area contributed by atoms with Gasteiger partial charge in [0.25, 0.3) is 5.91 Å². The van der Waals surface area contributed by atoms with Crippen molar-refractivity contribution in [2.24, 2.45) is 0 Å². The van der Waals surface area contributed by atoms with E-state index in [-0.39, 0.29) is 5.91 Å². The van der Waals surface area contributed by atoms with E-state index in [1.165, 1.54) is 5.39 Å². The molecule has 3 aromatic rings. The quantitative estimate of drug-likeness (QED) is 0.671. The van der Waals surface area contributed by atoms with E-state index in [0.717, 1.165) is 27.3 Å². The van der Waals surface area contributed by atoms with Crippen LogP contribution in [0.15, 0.2) is 71.6 Å². The third-order valence-electron chi connectivity index (χ3n) is 3.44. The molecule has 0 aliphatic heterocycles. The molecule has 0 aliphatic carbocycles. The summed E-state index contributed by atoms with van der Waals surface area (Å²) in [5.74, 6) is 0.882. The van der Waals surface area contributed by atoms with Crippen molar-refractivity contribution < 1.29 is 4.79 Å². The third kappa shape index (κ3) is 3.15. The van der Waals surface area contributed by atoms with E-state index in [1.807, 2.05) is 60.7 Å². The van der Waals surface area contributed by atoms with Crippen LogP contribution in [-0.4, -0.2) is 11.7 Å². The summed E-state index contributed by atoms with van der Waals surface area (Å²) in [7, 11) is 0. The Bertz CT molecular complexity index is 813. The first-order valence-electron chi connectivity index (χ1n) is 7.30.